The number of nitrogens with two attached hydrogens (primary N) is 1. The van der Waals surface area contributed by atoms with Crippen molar-refractivity contribution in [3.63, 3.8) is 0 Å². The monoisotopic (exact) mass is 396 g/mol. The molecule has 0 spiro atoms. The summed E-state index contributed by atoms with van der Waals surface area (Å²) in [5.74, 6) is 1.27. The van der Waals surface area contributed by atoms with Crippen LogP contribution in [0, 0.1) is 0 Å². The Morgan fingerprint density at radius 3 is 2.50 bits per heavy atom. The van der Waals surface area contributed by atoms with Gasteiger partial charge in [0.05, 0.1) is 12.4 Å². The smallest absolute Gasteiger partial charge is 0.212 e. The fraction of sp³-hybridized carbons (Fsp3) is 0.318. The van der Waals surface area contributed by atoms with E-state index in [0.717, 1.165) is 51.7 Å². The van der Waals surface area contributed by atoms with E-state index < -0.39 is 15.3 Å². The zero-order chi connectivity index (χ0) is 19.9. The number of hydrogen-bond acceptors (Lipinski definition) is 4. The van der Waals surface area contributed by atoms with Crippen LogP contribution in [0.25, 0.3) is 21.9 Å². The fourth-order valence-corrected chi connectivity index (χ4v) is 3.93. The molecule has 0 aliphatic heterocycles. The van der Waals surface area contributed by atoms with Crippen molar-refractivity contribution in [3.05, 3.63) is 59.9 Å². The molecule has 1 fully saturated rings. The van der Waals surface area contributed by atoms with Crippen molar-refractivity contribution in [1.82, 2.24) is 4.98 Å². The maximum Gasteiger partial charge on any atom is 0.212 e. The molecule has 1 atom stereocenters. The van der Waals surface area contributed by atoms with Gasteiger partial charge in [0.15, 0.2) is 0 Å². The molecular weight excluding hydrogens is 372 g/mol. The maximum absolute atomic E-state index is 11.7. The van der Waals surface area contributed by atoms with E-state index in [0.29, 0.717) is 12.3 Å². The molecule has 6 heteroatoms. The summed E-state index contributed by atoms with van der Waals surface area (Å²) in [7, 11) is -1.92. The average molecular weight is 397 g/mol. The van der Waals surface area contributed by atoms with Crippen molar-refractivity contribution in [2.75, 3.05) is 7.11 Å². The van der Waals surface area contributed by atoms with E-state index in [2.05, 4.69) is 24.3 Å². The summed E-state index contributed by atoms with van der Waals surface area (Å²) in [6.45, 7) is 1.65. The van der Waals surface area contributed by atoms with E-state index in [4.69, 9.17) is 14.9 Å². The molecule has 28 heavy (non-hydrogen) atoms. The van der Waals surface area contributed by atoms with Gasteiger partial charge in [-0.1, -0.05) is 18.2 Å². The summed E-state index contributed by atoms with van der Waals surface area (Å²) < 4.78 is 28.8. The van der Waals surface area contributed by atoms with Gasteiger partial charge in [0.1, 0.15) is 5.75 Å². The van der Waals surface area contributed by atoms with Crippen molar-refractivity contribution in [2.24, 2.45) is 5.14 Å². The van der Waals surface area contributed by atoms with Gasteiger partial charge in [0.25, 0.3) is 0 Å². The van der Waals surface area contributed by atoms with Gasteiger partial charge >= 0.3 is 0 Å². The molecule has 1 saturated carbocycles. The van der Waals surface area contributed by atoms with E-state index in [1.165, 1.54) is 0 Å². The van der Waals surface area contributed by atoms with Crippen molar-refractivity contribution in [1.29, 1.82) is 0 Å². The Kier molecular flexibility index (Phi) is 4.85. The molecule has 4 rings (SSSR count). The second kappa shape index (κ2) is 7.18. The summed E-state index contributed by atoms with van der Waals surface area (Å²) in [6.07, 6.45) is 4.50. The number of rotatable bonds is 6. The molecule has 0 saturated heterocycles. The predicted molar refractivity (Wildman–Crippen MR) is 112 cm³/mol. The van der Waals surface area contributed by atoms with Crippen LogP contribution in [0.1, 0.15) is 36.9 Å². The lowest BCUT2D eigenvalue weighted by molar-refractivity contribution is 0.415. The number of sulfonamides is 1. The SMILES string of the molecule is COc1ccc2cc(-c3cnc(C4CC4)c(CC(C)S(N)(=O)=O)c3)ccc2c1. The van der Waals surface area contributed by atoms with Crippen LogP contribution in [0.15, 0.2) is 48.7 Å². The first kappa shape index (κ1) is 18.9. The first-order valence-electron chi connectivity index (χ1n) is 9.44. The van der Waals surface area contributed by atoms with Gasteiger partial charge in [-0.25, -0.2) is 13.6 Å². The molecule has 1 unspecified atom stereocenters. The van der Waals surface area contributed by atoms with Gasteiger partial charge in [-0.3, -0.25) is 4.98 Å². The molecule has 1 aliphatic carbocycles. The van der Waals surface area contributed by atoms with Gasteiger partial charge in [0, 0.05) is 23.4 Å². The Balaban J connectivity index is 1.73. The normalized spacial score (nSPS) is 15.5. The Morgan fingerprint density at radius 2 is 1.82 bits per heavy atom. The Bertz CT molecular complexity index is 1140. The van der Waals surface area contributed by atoms with Crippen molar-refractivity contribution >= 4 is 20.8 Å². The zero-order valence-corrected chi connectivity index (χ0v) is 16.9. The molecule has 1 aliphatic rings. The molecule has 2 N–H and O–H groups in total. The number of ether oxygens (including phenoxy) is 1. The number of hydrogen-bond donors (Lipinski definition) is 1. The van der Waals surface area contributed by atoms with Crippen LogP contribution in [0.4, 0.5) is 0 Å². The van der Waals surface area contributed by atoms with Crippen LogP contribution in [-0.4, -0.2) is 25.8 Å². The van der Waals surface area contributed by atoms with E-state index in [1.54, 1.807) is 14.0 Å². The number of primary sulfonamides is 1. The summed E-state index contributed by atoms with van der Waals surface area (Å²) in [5, 5.41) is 6.93. The first-order valence-corrected chi connectivity index (χ1v) is 11.0. The maximum atomic E-state index is 11.7. The fourth-order valence-electron chi connectivity index (χ4n) is 3.52. The second-order valence-electron chi connectivity index (χ2n) is 7.57. The van der Waals surface area contributed by atoms with Crippen molar-refractivity contribution in [2.45, 2.75) is 37.4 Å². The first-order chi connectivity index (χ1) is 13.3. The number of methoxy groups -OCH3 is 1. The predicted octanol–water partition coefficient (Wildman–Crippen LogP) is 4.01. The number of benzene rings is 2. The number of fused-ring (bicyclic) bond motifs is 1. The van der Waals surface area contributed by atoms with Crippen LogP contribution < -0.4 is 9.88 Å². The highest BCUT2D eigenvalue weighted by molar-refractivity contribution is 7.89. The van der Waals surface area contributed by atoms with E-state index in [-0.39, 0.29) is 0 Å². The summed E-state index contributed by atoms with van der Waals surface area (Å²) in [4.78, 5) is 4.70. The molecule has 0 bridgehead atoms. The Morgan fingerprint density at radius 1 is 1.11 bits per heavy atom. The molecule has 1 aromatic heterocycles. The van der Waals surface area contributed by atoms with Crippen molar-refractivity contribution < 1.29 is 13.2 Å². The summed E-state index contributed by atoms with van der Waals surface area (Å²) in [5.41, 5.74) is 4.04. The Labute approximate surface area is 165 Å². The molecule has 2 aromatic carbocycles. The molecule has 3 aromatic rings. The van der Waals surface area contributed by atoms with Gasteiger partial charge < -0.3 is 4.74 Å². The highest BCUT2D eigenvalue weighted by Gasteiger charge is 2.29. The van der Waals surface area contributed by atoms with Gasteiger partial charge in [-0.2, -0.15) is 0 Å². The van der Waals surface area contributed by atoms with Gasteiger partial charge in [-0.15, -0.1) is 0 Å². The molecule has 0 amide bonds. The lowest BCUT2D eigenvalue weighted by atomic mass is 9.98. The minimum Gasteiger partial charge on any atom is -0.497 e. The van der Waals surface area contributed by atoms with Crippen LogP contribution in [0.5, 0.6) is 5.75 Å². The molecule has 0 radical (unpaired) electrons. The highest BCUT2D eigenvalue weighted by Crippen LogP contribution is 2.41. The van der Waals surface area contributed by atoms with E-state index in [9.17, 15) is 8.42 Å². The standard InChI is InChI=1S/C22H24N2O3S/c1-14(28(23,25)26)9-19-11-20(13-24-22(19)15-3-4-15)17-5-6-18-12-21(27-2)8-7-16(18)10-17/h5-8,10-15H,3-4,9H2,1-2H3,(H2,23,25,26). The van der Waals surface area contributed by atoms with Crippen LogP contribution in [0.3, 0.4) is 0 Å². The number of aromatic nitrogens is 1. The zero-order valence-electron chi connectivity index (χ0n) is 16.1. The molecule has 5 nitrogen and oxygen atoms in total. The number of nitrogens with zero attached hydrogens (tertiary/aromatic N) is 1. The minimum absolute atomic E-state index is 0.385. The second-order valence-corrected chi connectivity index (χ2v) is 9.56. The summed E-state index contributed by atoms with van der Waals surface area (Å²) in [6, 6.07) is 14.3. The summed E-state index contributed by atoms with van der Waals surface area (Å²) >= 11 is 0. The van der Waals surface area contributed by atoms with Crippen LogP contribution in [-0.2, 0) is 16.4 Å². The lowest BCUT2D eigenvalue weighted by Gasteiger charge is -2.14. The van der Waals surface area contributed by atoms with Crippen LogP contribution >= 0.6 is 0 Å². The Hall–Kier alpha value is -2.44. The molecule has 1 heterocycles. The minimum atomic E-state index is -3.58. The average Bonchev–Trinajstić information content (AvgIpc) is 3.51. The van der Waals surface area contributed by atoms with Gasteiger partial charge in [0.2, 0.25) is 10.0 Å². The quantitative estimate of drug-likeness (QED) is 0.682. The van der Waals surface area contributed by atoms with Gasteiger partial charge in [-0.05, 0) is 72.4 Å². The molecular formula is C22H24N2O3S. The highest BCUT2D eigenvalue weighted by atomic mass is 32.2. The third-order valence-corrected chi connectivity index (χ3v) is 6.70. The van der Waals surface area contributed by atoms with Crippen LogP contribution in [0.2, 0.25) is 0 Å². The topological polar surface area (TPSA) is 82.3 Å². The molecule has 146 valence electrons. The number of pyridine rings is 1. The van der Waals surface area contributed by atoms with Crippen molar-refractivity contribution in [3.8, 4) is 16.9 Å². The van der Waals surface area contributed by atoms with E-state index >= 15 is 0 Å². The lowest BCUT2D eigenvalue weighted by Crippen LogP contribution is -2.28. The third kappa shape index (κ3) is 3.88. The van der Waals surface area contributed by atoms with E-state index in [1.807, 2.05) is 24.4 Å². The largest absolute Gasteiger partial charge is 0.497 e. The third-order valence-electron chi connectivity index (χ3n) is 5.41.